The molecule has 0 radical (unpaired) electrons. The lowest BCUT2D eigenvalue weighted by Crippen LogP contribution is -2.34. The number of para-hydroxylation sites is 1. The third-order valence-electron chi connectivity index (χ3n) is 3.66. The number of benzene rings is 1. The highest BCUT2D eigenvalue weighted by Gasteiger charge is 2.30. The molecule has 1 aliphatic rings. The molecule has 1 unspecified atom stereocenters. The van der Waals surface area contributed by atoms with Crippen LogP contribution in [0.2, 0.25) is 0 Å². The van der Waals surface area contributed by atoms with Gasteiger partial charge in [0.25, 0.3) is 0 Å². The molecular weight excluding hydrogens is 240 g/mol. The van der Waals surface area contributed by atoms with E-state index < -0.39 is 0 Å². The van der Waals surface area contributed by atoms with E-state index in [1.165, 1.54) is 12.8 Å². The quantitative estimate of drug-likeness (QED) is 0.850. The summed E-state index contributed by atoms with van der Waals surface area (Å²) < 4.78 is 5.29. The van der Waals surface area contributed by atoms with Crippen molar-refractivity contribution in [2.24, 2.45) is 11.7 Å². The predicted molar refractivity (Wildman–Crippen MR) is 74.8 cm³/mol. The Morgan fingerprint density at radius 2 is 2.16 bits per heavy atom. The number of ether oxygens (including phenoxy) is 1. The van der Waals surface area contributed by atoms with Crippen molar-refractivity contribution in [2.45, 2.75) is 31.8 Å². The first-order valence-corrected chi connectivity index (χ1v) is 6.73. The summed E-state index contributed by atoms with van der Waals surface area (Å²) in [6.45, 7) is 0.556. The number of hydrogen-bond acceptors (Lipinski definition) is 3. The molecule has 1 fully saturated rings. The van der Waals surface area contributed by atoms with Crippen LogP contribution in [0.5, 0.6) is 5.75 Å². The van der Waals surface area contributed by atoms with Crippen molar-refractivity contribution in [2.75, 3.05) is 14.2 Å². The summed E-state index contributed by atoms with van der Waals surface area (Å²) in [6.07, 6.45) is 2.78. The fraction of sp³-hybridized carbons (Fsp3) is 0.533. The van der Waals surface area contributed by atoms with Gasteiger partial charge in [-0.05, 0) is 24.8 Å². The van der Waals surface area contributed by atoms with Crippen molar-refractivity contribution in [3.8, 4) is 5.75 Å². The molecule has 4 heteroatoms. The molecule has 104 valence electrons. The van der Waals surface area contributed by atoms with Gasteiger partial charge in [0.1, 0.15) is 5.75 Å². The molecule has 4 nitrogen and oxygen atoms in total. The number of nitrogens with two attached hydrogens (primary N) is 1. The minimum Gasteiger partial charge on any atom is -0.496 e. The summed E-state index contributed by atoms with van der Waals surface area (Å²) in [7, 11) is 3.46. The molecule has 1 aliphatic carbocycles. The van der Waals surface area contributed by atoms with Crippen LogP contribution >= 0.6 is 0 Å². The van der Waals surface area contributed by atoms with Gasteiger partial charge in [0, 0.05) is 31.6 Å². The molecule has 0 heterocycles. The van der Waals surface area contributed by atoms with Gasteiger partial charge in [0.2, 0.25) is 5.91 Å². The zero-order valence-electron chi connectivity index (χ0n) is 11.6. The van der Waals surface area contributed by atoms with Crippen molar-refractivity contribution in [3.05, 3.63) is 29.8 Å². The summed E-state index contributed by atoms with van der Waals surface area (Å²) >= 11 is 0. The highest BCUT2D eigenvalue weighted by atomic mass is 16.5. The topological polar surface area (TPSA) is 55.6 Å². The third kappa shape index (κ3) is 3.70. The molecule has 0 bridgehead atoms. The molecular formula is C15H22N2O2. The van der Waals surface area contributed by atoms with Gasteiger partial charge in [-0.15, -0.1) is 0 Å². The minimum atomic E-state index is 0.0209. The Labute approximate surface area is 114 Å². The van der Waals surface area contributed by atoms with Crippen molar-refractivity contribution in [1.29, 1.82) is 0 Å². The van der Waals surface area contributed by atoms with E-state index in [1.54, 1.807) is 12.0 Å². The van der Waals surface area contributed by atoms with Crippen LogP contribution < -0.4 is 10.5 Å². The maximum Gasteiger partial charge on any atom is 0.224 e. The number of amides is 1. The van der Waals surface area contributed by atoms with Gasteiger partial charge in [0.15, 0.2) is 0 Å². The number of carbonyl (C=O) groups is 1. The van der Waals surface area contributed by atoms with Crippen molar-refractivity contribution in [1.82, 2.24) is 4.90 Å². The van der Waals surface area contributed by atoms with E-state index in [9.17, 15) is 4.79 Å². The van der Waals surface area contributed by atoms with Crippen LogP contribution in [-0.4, -0.2) is 31.0 Å². The lowest BCUT2D eigenvalue weighted by atomic mass is 10.1. The van der Waals surface area contributed by atoms with Crippen LogP contribution in [0.1, 0.15) is 24.8 Å². The minimum absolute atomic E-state index is 0.0209. The van der Waals surface area contributed by atoms with Gasteiger partial charge in [-0.2, -0.15) is 0 Å². The van der Waals surface area contributed by atoms with E-state index in [4.69, 9.17) is 10.5 Å². The number of methoxy groups -OCH3 is 1. The van der Waals surface area contributed by atoms with Gasteiger partial charge in [-0.25, -0.2) is 0 Å². The van der Waals surface area contributed by atoms with Gasteiger partial charge in [-0.3, -0.25) is 4.79 Å². The second kappa shape index (κ2) is 6.06. The Kier molecular flexibility index (Phi) is 4.43. The fourth-order valence-electron chi connectivity index (χ4n) is 2.23. The van der Waals surface area contributed by atoms with Crippen molar-refractivity contribution < 1.29 is 9.53 Å². The number of nitrogens with zero attached hydrogens (tertiary/aromatic N) is 1. The molecule has 0 saturated heterocycles. The monoisotopic (exact) mass is 262 g/mol. The Morgan fingerprint density at radius 3 is 2.79 bits per heavy atom. The first-order valence-electron chi connectivity index (χ1n) is 6.73. The highest BCUT2D eigenvalue weighted by Crippen LogP contribution is 2.33. The van der Waals surface area contributed by atoms with Gasteiger partial charge in [0.05, 0.1) is 7.11 Å². The normalized spacial score (nSPS) is 15.9. The molecule has 1 atom stereocenters. The van der Waals surface area contributed by atoms with Crippen LogP contribution in [0.4, 0.5) is 0 Å². The molecule has 1 saturated carbocycles. The summed E-state index contributed by atoms with van der Waals surface area (Å²) in [5.41, 5.74) is 7.01. The van der Waals surface area contributed by atoms with Crippen LogP contribution in [0.25, 0.3) is 0 Å². The molecule has 0 aromatic heterocycles. The lowest BCUT2D eigenvalue weighted by Gasteiger charge is -2.20. The summed E-state index contributed by atoms with van der Waals surface area (Å²) in [6, 6.07) is 7.78. The standard InChI is InChI=1S/C15H22N2O2/c1-17(15(18)9-13(16)11-7-8-11)10-12-5-3-4-6-14(12)19-2/h3-6,11,13H,7-10,16H2,1-2H3. The SMILES string of the molecule is COc1ccccc1CN(C)C(=O)CC(N)C1CC1. The van der Waals surface area contributed by atoms with E-state index in [0.29, 0.717) is 18.9 Å². The zero-order valence-corrected chi connectivity index (χ0v) is 11.6. The van der Waals surface area contributed by atoms with E-state index in [1.807, 2.05) is 31.3 Å². The summed E-state index contributed by atoms with van der Waals surface area (Å²) in [5.74, 6) is 1.47. The molecule has 0 aliphatic heterocycles. The zero-order chi connectivity index (χ0) is 13.8. The largest absolute Gasteiger partial charge is 0.496 e. The van der Waals surface area contributed by atoms with E-state index >= 15 is 0 Å². The molecule has 1 aromatic carbocycles. The third-order valence-corrected chi connectivity index (χ3v) is 3.66. The number of rotatable bonds is 6. The smallest absolute Gasteiger partial charge is 0.224 e. The van der Waals surface area contributed by atoms with Gasteiger partial charge < -0.3 is 15.4 Å². The Balaban J connectivity index is 1.91. The Morgan fingerprint density at radius 1 is 1.47 bits per heavy atom. The maximum absolute atomic E-state index is 12.1. The Hall–Kier alpha value is -1.55. The second-order valence-electron chi connectivity index (χ2n) is 5.27. The lowest BCUT2D eigenvalue weighted by molar-refractivity contribution is -0.130. The van der Waals surface area contributed by atoms with Crippen molar-refractivity contribution >= 4 is 5.91 Å². The maximum atomic E-state index is 12.1. The van der Waals surface area contributed by atoms with E-state index in [0.717, 1.165) is 11.3 Å². The molecule has 1 aromatic rings. The second-order valence-corrected chi connectivity index (χ2v) is 5.27. The Bertz CT molecular complexity index is 444. The number of hydrogen-bond donors (Lipinski definition) is 1. The highest BCUT2D eigenvalue weighted by molar-refractivity contribution is 5.76. The van der Waals surface area contributed by atoms with Crippen molar-refractivity contribution in [3.63, 3.8) is 0 Å². The fourth-order valence-corrected chi connectivity index (χ4v) is 2.23. The van der Waals surface area contributed by atoms with E-state index in [2.05, 4.69) is 0 Å². The van der Waals surface area contributed by atoms with Crippen LogP contribution in [0.15, 0.2) is 24.3 Å². The molecule has 2 rings (SSSR count). The average molecular weight is 262 g/mol. The average Bonchev–Trinajstić information content (AvgIpc) is 3.23. The summed E-state index contributed by atoms with van der Waals surface area (Å²) in [4.78, 5) is 13.8. The van der Waals surface area contributed by atoms with Gasteiger partial charge in [-0.1, -0.05) is 18.2 Å². The first-order chi connectivity index (χ1) is 9.11. The van der Waals surface area contributed by atoms with Crippen LogP contribution in [-0.2, 0) is 11.3 Å². The van der Waals surface area contributed by atoms with E-state index in [-0.39, 0.29) is 11.9 Å². The predicted octanol–water partition coefficient (Wildman–Crippen LogP) is 1.78. The molecule has 1 amide bonds. The number of carbonyl (C=O) groups excluding carboxylic acids is 1. The molecule has 19 heavy (non-hydrogen) atoms. The summed E-state index contributed by atoms with van der Waals surface area (Å²) in [5, 5.41) is 0. The van der Waals surface area contributed by atoms with Crippen LogP contribution in [0.3, 0.4) is 0 Å². The van der Waals surface area contributed by atoms with Crippen LogP contribution in [0, 0.1) is 5.92 Å². The van der Waals surface area contributed by atoms with Gasteiger partial charge >= 0.3 is 0 Å². The first kappa shape index (κ1) is 13.9. The molecule has 0 spiro atoms. The molecule has 2 N–H and O–H groups in total.